The van der Waals surface area contributed by atoms with E-state index in [1.54, 1.807) is 52.1 Å². The summed E-state index contributed by atoms with van der Waals surface area (Å²) in [6, 6.07) is 25.2. The van der Waals surface area contributed by atoms with Crippen LogP contribution in [0, 0.1) is 0 Å². The second kappa shape index (κ2) is 11.6. The molecule has 6 nitrogen and oxygen atoms in total. The van der Waals surface area contributed by atoms with Crippen molar-refractivity contribution in [1.29, 1.82) is 0 Å². The van der Waals surface area contributed by atoms with E-state index in [1.165, 1.54) is 6.08 Å². The van der Waals surface area contributed by atoms with Gasteiger partial charge in [0, 0.05) is 6.42 Å². The Labute approximate surface area is 212 Å². The van der Waals surface area contributed by atoms with Gasteiger partial charge in [0.15, 0.2) is 6.10 Å². The van der Waals surface area contributed by atoms with Gasteiger partial charge in [-0.2, -0.15) is 0 Å². The summed E-state index contributed by atoms with van der Waals surface area (Å²) in [6.45, 7) is 8.92. The number of methoxy groups -OCH3 is 1. The van der Waals surface area contributed by atoms with Gasteiger partial charge in [-0.15, -0.1) is 6.58 Å². The summed E-state index contributed by atoms with van der Waals surface area (Å²) in [6.07, 6.45) is 0.503. The smallest absolute Gasteiger partial charge is 0.363 e. The van der Waals surface area contributed by atoms with E-state index in [0.29, 0.717) is 5.75 Å². The minimum Gasteiger partial charge on any atom is -0.497 e. The maximum atomic E-state index is 13.9. The lowest BCUT2D eigenvalue weighted by atomic mass is 9.97. The highest BCUT2D eigenvalue weighted by Crippen LogP contribution is 2.33. The van der Waals surface area contributed by atoms with Crippen LogP contribution in [-0.2, 0) is 19.1 Å². The lowest BCUT2D eigenvalue weighted by molar-refractivity contribution is -0.189. The first-order valence-corrected chi connectivity index (χ1v) is 11.7. The fourth-order valence-corrected chi connectivity index (χ4v) is 3.57. The molecule has 3 rings (SSSR count). The molecule has 1 atom stereocenters. The van der Waals surface area contributed by atoms with E-state index < -0.39 is 29.2 Å². The first kappa shape index (κ1) is 26.5. The van der Waals surface area contributed by atoms with Crippen molar-refractivity contribution >= 4 is 11.9 Å². The van der Waals surface area contributed by atoms with Crippen molar-refractivity contribution in [3.8, 4) is 11.5 Å². The molecule has 36 heavy (non-hydrogen) atoms. The summed E-state index contributed by atoms with van der Waals surface area (Å²) in [4.78, 5) is 27.5. The summed E-state index contributed by atoms with van der Waals surface area (Å²) in [7, 11) is 1.54. The van der Waals surface area contributed by atoms with E-state index in [4.69, 9.17) is 18.9 Å². The molecular formula is C30H32O6. The third-order valence-electron chi connectivity index (χ3n) is 5.27. The number of esters is 2. The van der Waals surface area contributed by atoms with Crippen molar-refractivity contribution in [2.24, 2.45) is 0 Å². The van der Waals surface area contributed by atoms with Crippen LogP contribution >= 0.6 is 0 Å². The predicted molar refractivity (Wildman–Crippen MR) is 138 cm³/mol. The Bertz CT molecular complexity index is 1110. The van der Waals surface area contributed by atoms with Gasteiger partial charge in [-0.25, -0.2) is 9.59 Å². The van der Waals surface area contributed by atoms with Gasteiger partial charge in [0.25, 0.3) is 0 Å². The van der Waals surface area contributed by atoms with Crippen molar-refractivity contribution in [3.63, 3.8) is 0 Å². The number of ether oxygens (including phenoxy) is 4. The zero-order chi connectivity index (χ0) is 26.2. The van der Waals surface area contributed by atoms with Crippen molar-refractivity contribution in [2.45, 2.75) is 44.5 Å². The van der Waals surface area contributed by atoms with Crippen molar-refractivity contribution in [1.82, 2.24) is 0 Å². The van der Waals surface area contributed by atoms with Gasteiger partial charge >= 0.3 is 17.5 Å². The number of benzene rings is 3. The van der Waals surface area contributed by atoms with E-state index in [2.05, 4.69) is 6.58 Å². The quantitative estimate of drug-likeness (QED) is 0.196. The fourth-order valence-electron chi connectivity index (χ4n) is 3.57. The molecule has 0 heterocycles. The molecule has 0 fully saturated rings. The summed E-state index contributed by atoms with van der Waals surface area (Å²) in [5, 5.41) is 0. The standard InChI is InChI=1S/C30H32O6/c1-6-21-30(28(32)36-29(2,3)4,35-25-19-17-24(33-5)18-20-25)27(31)34-26(22-13-9-7-10-14-22)23-15-11-8-12-16-23/h6-20,26H,1,21H2,2-5H3/t30-/m0/s1. The van der Waals surface area contributed by atoms with Crippen molar-refractivity contribution in [2.75, 3.05) is 7.11 Å². The molecule has 0 aliphatic carbocycles. The minimum atomic E-state index is -2.12. The zero-order valence-electron chi connectivity index (χ0n) is 21.1. The topological polar surface area (TPSA) is 71.1 Å². The molecule has 3 aromatic carbocycles. The molecule has 0 aliphatic heterocycles. The lowest BCUT2D eigenvalue weighted by Gasteiger charge is -2.33. The van der Waals surface area contributed by atoms with E-state index in [-0.39, 0.29) is 12.2 Å². The molecule has 0 radical (unpaired) electrons. The van der Waals surface area contributed by atoms with E-state index in [1.807, 2.05) is 60.7 Å². The number of rotatable bonds is 10. The third kappa shape index (κ3) is 6.54. The lowest BCUT2D eigenvalue weighted by Crippen LogP contribution is -2.55. The third-order valence-corrected chi connectivity index (χ3v) is 5.27. The second-order valence-electron chi connectivity index (χ2n) is 9.21. The molecule has 0 saturated heterocycles. The Morgan fingerprint density at radius 3 is 1.75 bits per heavy atom. The minimum absolute atomic E-state index is 0.164. The Morgan fingerprint density at radius 1 is 0.806 bits per heavy atom. The van der Waals surface area contributed by atoms with Crippen LogP contribution in [0.25, 0.3) is 0 Å². The van der Waals surface area contributed by atoms with Gasteiger partial charge in [0.2, 0.25) is 0 Å². The normalized spacial score (nSPS) is 12.8. The molecular weight excluding hydrogens is 456 g/mol. The highest BCUT2D eigenvalue weighted by Gasteiger charge is 2.53. The van der Waals surface area contributed by atoms with Crippen LogP contribution in [0.2, 0.25) is 0 Å². The van der Waals surface area contributed by atoms with E-state index >= 15 is 0 Å². The number of carbonyl (C=O) groups is 2. The summed E-state index contributed by atoms with van der Waals surface area (Å²) in [5.41, 5.74) is -1.49. The van der Waals surface area contributed by atoms with Gasteiger partial charge < -0.3 is 18.9 Å². The van der Waals surface area contributed by atoms with Gasteiger partial charge in [-0.05, 0) is 56.2 Å². The van der Waals surface area contributed by atoms with Crippen LogP contribution in [0.5, 0.6) is 11.5 Å². The van der Waals surface area contributed by atoms with Crippen LogP contribution in [-0.4, -0.2) is 30.3 Å². The van der Waals surface area contributed by atoms with Crippen LogP contribution in [0.15, 0.2) is 97.6 Å². The van der Waals surface area contributed by atoms with Crippen molar-refractivity contribution in [3.05, 3.63) is 109 Å². The molecule has 3 aromatic rings. The molecule has 0 bridgehead atoms. The van der Waals surface area contributed by atoms with Gasteiger partial charge in [0.05, 0.1) is 7.11 Å². The van der Waals surface area contributed by atoms with Crippen molar-refractivity contribution < 1.29 is 28.5 Å². The summed E-state index contributed by atoms with van der Waals surface area (Å²) < 4.78 is 23.0. The Hall–Kier alpha value is -4.06. The Balaban J connectivity index is 2.06. The maximum Gasteiger partial charge on any atom is 0.363 e. The summed E-state index contributed by atoms with van der Waals surface area (Å²) in [5.74, 6) is -0.873. The Morgan fingerprint density at radius 2 is 1.31 bits per heavy atom. The van der Waals surface area contributed by atoms with Crippen LogP contribution in [0.1, 0.15) is 44.4 Å². The SMILES string of the molecule is C=CC[C@](Oc1ccc(OC)cc1)(C(=O)OC(c1ccccc1)c1ccccc1)C(=O)OC(C)(C)C. The monoisotopic (exact) mass is 488 g/mol. The molecule has 0 saturated carbocycles. The van der Waals surface area contributed by atoms with Gasteiger partial charge in [-0.3, -0.25) is 0 Å². The molecule has 0 unspecified atom stereocenters. The van der Waals surface area contributed by atoms with Crippen LogP contribution in [0.4, 0.5) is 0 Å². The maximum absolute atomic E-state index is 13.9. The second-order valence-corrected chi connectivity index (χ2v) is 9.21. The first-order valence-electron chi connectivity index (χ1n) is 11.7. The average molecular weight is 489 g/mol. The fraction of sp³-hybridized carbons (Fsp3) is 0.267. The van der Waals surface area contributed by atoms with Crippen LogP contribution < -0.4 is 9.47 Å². The molecule has 0 N–H and O–H groups in total. The number of carbonyl (C=O) groups excluding carboxylic acids is 2. The zero-order valence-corrected chi connectivity index (χ0v) is 21.1. The largest absolute Gasteiger partial charge is 0.497 e. The molecule has 0 aliphatic rings. The predicted octanol–water partition coefficient (Wildman–Crippen LogP) is 6.06. The first-order chi connectivity index (χ1) is 17.2. The summed E-state index contributed by atoms with van der Waals surface area (Å²) >= 11 is 0. The highest BCUT2D eigenvalue weighted by atomic mass is 16.6. The molecule has 0 amide bonds. The average Bonchev–Trinajstić information content (AvgIpc) is 2.87. The Kier molecular flexibility index (Phi) is 8.54. The number of hydrogen-bond donors (Lipinski definition) is 0. The molecule has 6 heteroatoms. The molecule has 0 aromatic heterocycles. The van der Waals surface area contributed by atoms with Crippen LogP contribution in [0.3, 0.4) is 0 Å². The highest BCUT2D eigenvalue weighted by molar-refractivity contribution is 6.04. The number of hydrogen-bond acceptors (Lipinski definition) is 6. The van der Waals surface area contributed by atoms with E-state index in [0.717, 1.165) is 11.1 Å². The van der Waals surface area contributed by atoms with Gasteiger partial charge in [0.1, 0.15) is 17.1 Å². The van der Waals surface area contributed by atoms with E-state index in [9.17, 15) is 9.59 Å². The molecule has 188 valence electrons. The van der Waals surface area contributed by atoms with Gasteiger partial charge in [-0.1, -0.05) is 66.7 Å². The molecule has 0 spiro atoms.